The van der Waals surface area contributed by atoms with Crippen molar-refractivity contribution in [3.05, 3.63) is 23.8 Å². The molecular weight excluding hydrogens is 323 g/mol. The zero-order valence-corrected chi connectivity index (χ0v) is 12.3. The van der Waals surface area contributed by atoms with Gasteiger partial charge in [0.2, 0.25) is 5.91 Å². The number of rotatable bonds is 3. The minimum absolute atomic E-state index is 0.0453. The Morgan fingerprint density at radius 1 is 1.36 bits per heavy atom. The van der Waals surface area contributed by atoms with E-state index in [1.54, 1.807) is 0 Å². The fraction of sp³-hybridized carbons (Fsp3) is 0.333. The first kappa shape index (κ1) is 16.3. The lowest BCUT2D eigenvalue weighted by Gasteiger charge is -2.09. The molecule has 6 nitrogen and oxygen atoms in total. The van der Waals surface area contributed by atoms with E-state index in [0.717, 1.165) is 18.4 Å². The molecule has 1 atom stereocenters. The van der Waals surface area contributed by atoms with Gasteiger partial charge in [0.1, 0.15) is 5.25 Å². The van der Waals surface area contributed by atoms with Crippen molar-refractivity contribution < 1.29 is 26.4 Å². The molecule has 0 saturated heterocycles. The number of anilines is 1. The number of hydrogen-bond acceptors (Lipinski definition) is 4. The predicted molar refractivity (Wildman–Crippen MR) is 74.0 cm³/mol. The minimum atomic E-state index is -4.53. The summed E-state index contributed by atoms with van der Waals surface area (Å²) in [5.74, 6) is -1.02. The molecule has 0 bridgehead atoms. The Balaban J connectivity index is 2.38. The first-order chi connectivity index (χ1) is 10.00. The van der Waals surface area contributed by atoms with Gasteiger partial charge in [-0.15, -0.1) is 0 Å². The third-order valence-corrected chi connectivity index (χ3v) is 4.64. The van der Waals surface area contributed by atoms with Crippen LogP contribution in [0.25, 0.3) is 10.9 Å². The number of amides is 1. The molecular formula is C12H12F3N3O3S. The number of carbonyl (C=O) groups excluding carboxylic acids is 1. The Kier molecular flexibility index (Phi) is 3.90. The van der Waals surface area contributed by atoms with Crippen LogP contribution in [0.15, 0.2) is 18.2 Å². The first-order valence-electron chi connectivity index (χ1n) is 6.05. The van der Waals surface area contributed by atoms with Crippen LogP contribution in [-0.4, -0.2) is 36.0 Å². The van der Waals surface area contributed by atoms with E-state index in [9.17, 15) is 26.4 Å². The number of benzene rings is 1. The first-order valence-corrected chi connectivity index (χ1v) is 8.00. The van der Waals surface area contributed by atoms with Crippen LogP contribution in [-0.2, 0) is 20.8 Å². The molecule has 2 aromatic rings. The molecule has 1 aromatic heterocycles. The third-order valence-electron chi connectivity index (χ3n) is 3.14. The van der Waals surface area contributed by atoms with Crippen LogP contribution in [0.5, 0.6) is 0 Å². The average Bonchev–Trinajstić information content (AvgIpc) is 2.78. The summed E-state index contributed by atoms with van der Waals surface area (Å²) in [5, 5.41) is 7.10. The van der Waals surface area contributed by atoms with Gasteiger partial charge in [0.05, 0.1) is 11.1 Å². The standard InChI is InChI=1S/C12H12F3N3O3S/c1-6(22(2,20)21)11(19)16-10-8-5-7(12(13,14)15)3-4-9(8)17-18-10/h3-6H,1-2H3,(H2,16,17,18,19)/t6-/m1/s1. The summed E-state index contributed by atoms with van der Waals surface area (Å²) in [4.78, 5) is 11.8. The van der Waals surface area contributed by atoms with E-state index >= 15 is 0 Å². The van der Waals surface area contributed by atoms with Gasteiger partial charge in [-0.25, -0.2) is 8.42 Å². The molecule has 0 radical (unpaired) electrons. The van der Waals surface area contributed by atoms with E-state index in [2.05, 4.69) is 15.5 Å². The zero-order valence-electron chi connectivity index (χ0n) is 11.5. The molecule has 22 heavy (non-hydrogen) atoms. The molecule has 0 fully saturated rings. The minimum Gasteiger partial charge on any atom is -0.308 e. The number of aromatic amines is 1. The number of nitrogens with one attached hydrogen (secondary N) is 2. The maximum atomic E-state index is 12.7. The summed E-state index contributed by atoms with van der Waals surface area (Å²) in [6.07, 6.45) is -3.64. The Labute approximate surface area is 123 Å². The number of nitrogens with zero attached hydrogens (tertiary/aromatic N) is 1. The Hall–Kier alpha value is -2.10. The van der Waals surface area contributed by atoms with Crippen molar-refractivity contribution in [1.82, 2.24) is 10.2 Å². The topological polar surface area (TPSA) is 91.9 Å². The highest BCUT2D eigenvalue weighted by Crippen LogP contribution is 2.32. The normalized spacial score (nSPS) is 14.0. The number of carbonyl (C=O) groups is 1. The van der Waals surface area contributed by atoms with Gasteiger partial charge < -0.3 is 5.32 Å². The van der Waals surface area contributed by atoms with Crippen LogP contribution >= 0.6 is 0 Å². The molecule has 0 aliphatic heterocycles. The van der Waals surface area contributed by atoms with Crippen molar-refractivity contribution in [2.45, 2.75) is 18.3 Å². The molecule has 0 spiro atoms. The van der Waals surface area contributed by atoms with Crippen molar-refractivity contribution in [3.8, 4) is 0 Å². The number of H-pyrrole nitrogens is 1. The van der Waals surface area contributed by atoms with Crippen LogP contribution in [0.4, 0.5) is 19.0 Å². The van der Waals surface area contributed by atoms with Gasteiger partial charge in [-0.05, 0) is 25.1 Å². The number of halogens is 3. The molecule has 0 aliphatic carbocycles. The Bertz CT molecular complexity index is 827. The molecule has 120 valence electrons. The highest BCUT2D eigenvalue weighted by atomic mass is 32.2. The highest BCUT2D eigenvalue weighted by Gasteiger charge is 2.31. The van der Waals surface area contributed by atoms with E-state index in [1.807, 2.05) is 0 Å². The quantitative estimate of drug-likeness (QED) is 0.897. The largest absolute Gasteiger partial charge is 0.416 e. The molecule has 1 heterocycles. The summed E-state index contributed by atoms with van der Waals surface area (Å²) in [5.41, 5.74) is -0.608. The fourth-order valence-corrected chi connectivity index (χ4v) is 2.15. The molecule has 0 saturated carbocycles. The second kappa shape index (κ2) is 5.27. The van der Waals surface area contributed by atoms with Gasteiger partial charge >= 0.3 is 6.18 Å². The maximum Gasteiger partial charge on any atom is 0.416 e. The summed E-state index contributed by atoms with van der Waals surface area (Å²) in [6, 6.07) is 2.89. The van der Waals surface area contributed by atoms with Gasteiger partial charge in [-0.2, -0.15) is 18.3 Å². The molecule has 0 aliphatic rings. The third kappa shape index (κ3) is 3.21. The lowest BCUT2D eigenvalue weighted by molar-refractivity contribution is -0.137. The van der Waals surface area contributed by atoms with Crippen molar-refractivity contribution in [3.63, 3.8) is 0 Å². The summed E-state index contributed by atoms with van der Waals surface area (Å²) in [7, 11) is -3.62. The van der Waals surface area contributed by atoms with E-state index in [1.165, 1.54) is 13.0 Å². The van der Waals surface area contributed by atoms with Gasteiger partial charge in [0.15, 0.2) is 15.7 Å². The van der Waals surface area contributed by atoms with Crippen molar-refractivity contribution in [2.24, 2.45) is 0 Å². The van der Waals surface area contributed by atoms with Gasteiger partial charge in [0, 0.05) is 11.6 Å². The van der Waals surface area contributed by atoms with Gasteiger partial charge in [0.25, 0.3) is 0 Å². The summed E-state index contributed by atoms with van der Waals surface area (Å²) >= 11 is 0. The molecule has 1 aromatic carbocycles. The Morgan fingerprint density at radius 3 is 2.55 bits per heavy atom. The van der Waals surface area contributed by atoms with Gasteiger partial charge in [-0.3, -0.25) is 9.89 Å². The highest BCUT2D eigenvalue weighted by molar-refractivity contribution is 7.92. The van der Waals surface area contributed by atoms with Crippen LogP contribution < -0.4 is 5.32 Å². The van der Waals surface area contributed by atoms with E-state index in [0.29, 0.717) is 0 Å². The number of hydrogen-bond donors (Lipinski definition) is 2. The average molecular weight is 335 g/mol. The molecule has 2 N–H and O–H groups in total. The number of alkyl halides is 3. The number of aromatic nitrogens is 2. The molecule has 10 heteroatoms. The molecule has 2 rings (SSSR count). The lowest BCUT2D eigenvalue weighted by atomic mass is 10.1. The molecule has 0 unspecified atom stereocenters. The number of fused-ring (bicyclic) bond motifs is 1. The van der Waals surface area contributed by atoms with Crippen LogP contribution in [0.3, 0.4) is 0 Å². The Morgan fingerprint density at radius 2 is 2.00 bits per heavy atom. The van der Waals surface area contributed by atoms with E-state index < -0.39 is 32.7 Å². The summed E-state index contributed by atoms with van der Waals surface area (Å²) in [6.45, 7) is 1.18. The lowest BCUT2D eigenvalue weighted by Crippen LogP contribution is -2.31. The SMILES string of the molecule is C[C@H](C(=O)Nc1n[nH]c2ccc(C(F)(F)F)cc12)S(C)(=O)=O. The van der Waals surface area contributed by atoms with Gasteiger partial charge in [-0.1, -0.05) is 0 Å². The second-order valence-electron chi connectivity index (χ2n) is 4.79. The maximum absolute atomic E-state index is 12.7. The van der Waals surface area contributed by atoms with E-state index in [-0.39, 0.29) is 16.7 Å². The fourth-order valence-electron chi connectivity index (χ4n) is 1.70. The van der Waals surface area contributed by atoms with Crippen LogP contribution in [0.2, 0.25) is 0 Å². The van der Waals surface area contributed by atoms with E-state index in [4.69, 9.17) is 0 Å². The van der Waals surface area contributed by atoms with Crippen LogP contribution in [0, 0.1) is 0 Å². The van der Waals surface area contributed by atoms with Crippen molar-refractivity contribution in [1.29, 1.82) is 0 Å². The zero-order chi connectivity index (χ0) is 16.7. The van der Waals surface area contributed by atoms with Crippen molar-refractivity contribution in [2.75, 3.05) is 11.6 Å². The van der Waals surface area contributed by atoms with Crippen molar-refractivity contribution >= 4 is 32.5 Å². The smallest absolute Gasteiger partial charge is 0.308 e. The predicted octanol–water partition coefficient (Wildman–Crippen LogP) is 1.95. The summed E-state index contributed by atoms with van der Waals surface area (Å²) < 4.78 is 60.7. The number of sulfone groups is 1. The monoisotopic (exact) mass is 335 g/mol. The second-order valence-corrected chi connectivity index (χ2v) is 7.16. The molecule has 1 amide bonds. The van der Waals surface area contributed by atoms with Crippen LogP contribution in [0.1, 0.15) is 12.5 Å².